The molecule has 2 nitrogen and oxygen atoms in total. The van der Waals surface area contributed by atoms with Gasteiger partial charge in [-0.2, -0.15) is 0 Å². The number of aromatic nitrogens is 1. The normalized spacial score (nSPS) is 14.9. The van der Waals surface area contributed by atoms with E-state index in [1.54, 1.807) is 43.3 Å². The Labute approximate surface area is 148 Å². The van der Waals surface area contributed by atoms with Crippen LogP contribution < -0.4 is 0 Å². The Morgan fingerprint density at radius 1 is 1.08 bits per heavy atom. The highest BCUT2D eigenvalue weighted by Crippen LogP contribution is 2.40. The van der Waals surface area contributed by atoms with Crippen LogP contribution in [0.3, 0.4) is 0 Å². The molecule has 2 heterocycles. The zero-order chi connectivity index (χ0) is 18.8. The molecule has 1 aliphatic rings. The Morgan fingerprint density at radius 2 is 1.69 bits per heavy atom. The van der Waals surface area contributed by atoms with Crippen molar-refractivity contribution < 1.29 is 17.6 Å². The predicted molar refractivity (Wildman–Crippen MR) is 93.0 cm³/mol. The Balaban J connectivity index is 2.35. The molecule has 3 rings (SSSR count). The van der Waals surface area contributed by atoms with Gasteiger partial charge in [0.05, 0.1) is 30.2 Å². The Bertz CT molecular complexity index is 881. The first kappa shape index (κ1) is 17.9. The van der Waals surface area contributed by atoms with E-state index >= 15 is 0 Å². The van der Waals surface area contributed by atoms with E-state index in [2.05, 4.69) is 11.6 Å². The summed E-state index contributed by atoms with van der Waals surface area (Å²) in [7, 11) is 0. The van der Waals surface area contributed by atoms with Gasteiger partial charge in [-0.1, -0.05) is 36.9 Å². The quantitative estimate of drug-likeness (QED) is 0.691. The number of rotatable bonds is 4. The molecule has 0 bridgehead atoms. The van der Waals surface area contributed by atoms with Crippen molar-refractivity contribution in [3.63, 3.8) is 0 Å². The highest BCUT2D eigenvalue weighted by molar-refractivity contribution is 5.97. The van der Waals surface area contributed by atoms with Crippen LogP contribution in [0.2, 0.25) is 0 Å². The monoisotopic (exact) mass is 360 g/mol. The molecule has 0 atom stereocenters. The molecule has 0 saturated heterocycles. The minimum absolute atomic E-state index is 0.0181. The lowest BCUT2D eigenvalue weighted by atomic mass is 9.92. The first-order valence-electron chi connectivity index (χ1n) is 7.92. The summed E-state index contributed by atoms with van der Waals surface area (Å²) in [4.78, 5) is 4.65. The fourth-order valence-corrected chi connectivity index (χ4v) is 2.95. The smallest absolute Gasteiger partial charge is 0.256 e. The topological polar surface area (TPSA) is 16.1 Å². The van der Waals surface area contributed by atoms with Crippen molar-refractivity contribution in [3.8, 4) is 0 Å². The minimum Gasteiger partial charge on any atom is -0.335 e. The zero-order valence-electron chi connectivity index (χ0n) is 14.0. The number of halogens is 4. The summed E-state index contributed by atoms with van der Waals surface area (Å²) in [6.45, 7) is 4.82. The van der Waals surface area contributed by atoms with Gasteiger partial charge in [-0.05, 0) is 24.1 Å². The summed E-state index contributed by atoms with van der Waals surface area (Å²) in [6.07, 6.45) is 0.719. The lowest BCUT2D eigenvalue weighted by Gasteiger charge is -2.35. The standard InChI is InChI=1S/C20H16F4N2/c1-12-8-15(14-6-4-3-5-7-14)20(26(13(12)2)11-18(23)24)19-16(21)9-25-10-17(19)22/h3-10,18H,2,11H2,1H3. The number of allylic oxidation sites excluding steroid dienone is 3. The summed E-state index contributed by atoms with van der Waals surface area (Å²) in [5.41, 5.74) is 1.64. The van der Waals surface area contributed by atoms with Gasteiger partial charge >= 0.3 is 0 Å². The van der Waals surface area contributed by atoms with Gasteiger partial charge in [0.25, 0.3) is 6.43 Å². The number of pyridine rings is 1. The van der Waals surface area contributed by atoms with Crippen LogP contribution >= 0.6 is 0 Å². The van der Waals surface area contributed by atoms with Crippen LogP contribution in [0.5, 0.6) is 0 Å². The molecular weight excluding hydrogens is 344 g/mol. The number of nitrogens with zero attached hydrogens (tertiary/aromatic N) is 2. The fourth-order valence-electron chi connectivity index (χ4n) is 2.95. The molecule has 0 spiro atoms. The van der Waals surface area contributed by atoms with Gasteiger partial charge in [-0.15, -0.1) is 0 Å². The third-order valence-corrected chi connectivity index (χ3v) is 4.16. The molecule has 0 aliphatic carbocycles. The number of hydrogen-bond acceptors (Lipinski definition) is 2. The van der Waals surface area contributed by atoms with E-state index in [4.69, 9.17) is 0 Å². The van der Waals surface area contributed by atoms with Crippen LogP contribution in [-0.4, -0.2) is 22.9 Å². The van der Waals surface area contributed by atoms with Crippen LogP contribution in [0.25, 0.3) is 11.3 Å². The first-order valence-corrected chi connectivity index (χ1v) is 7.92. The van der Waals surface area contributed by atoms with Crippen molar-refractivity contribution in [2.45, 2.75) is 13.3 Å². The molecule has 0 radical (unpaired) electrons. The van der Waals surface area contributed by atoms with Crippen molar-refractivity contribution in [2.24, 2.45) is 0 Å². The molecule has 26 heavy (non-hydrogen) atoms. The van der Waals surface area contributed by atoms with Crippen LogP contribution in [0, 0.1) is 11.6 Å². The maximum Gasteiger partial charge on any atom is 0.256 e. The lowest BCUT2D eigenvalue weighted by Crippen LogP contribution is -2.30. The molecular formula is C20H16F4N2. The van der Waals surface area contributed by atoms with Crippen LogP contribution in [0.15, 0.2) is 66.7 Å². The number of alkyl halides is 2. The maximum absolute atomic E-state index is 14.5. The first-order chi connectivity index (χ1) is 12.4. The van der Waals surface area contributed by atoms with Gasteiger partial charge in [0.2, 0.25) is 0 Å². The van der Waals surface area contributed by atoms with Crippen LogP contribution in [0.1, 0.15) is 18.1 Å². The Hall–Kier alpha value is -2.89. The lowest BCUT2D eigenvalue weighted by molar-refractivity contribution is 0.123. The molecule has 134 valence electrons. The molecule has 1 aliphatic heterocycles. The second kappa shape index (κ2) is 7.15. The molecule has 0 N–H and O–H groups in total. The van der Waals surface area contributed by atoms with E-state index in [0.29, 0.717) is 16.7 Å². The molecule has 0 saturated carbocycles. The molecule has 1 aromatic carbocycles. The SMILES string of the molecule is C=C1C(C)=CC(c2ccccc2)=C(c2c(F)cncc2F)N1CC(F)F. The van der Waals surface area contributed by atoms with E-state index in [1.807, 2.05) is 0 Å². The van der Waals surface area contributed by atoms with Gasteiger partial charge in [0, 0.05) is 11.3 Å². The van der Waals surface area contributed by atoms with Crippen molar-refractivity contribution in [2.75, 3.05) is 6.54 Å². The molecule has 2 aromatic rings. The summed E-state index contributed by atoms with van der Waals surface area (Å²) in [5, 5.41) is 0. The second-order valence-electron chi connectivity index (χ2n) is 5.88. The van der Waals surface area contributed by atoms with Crippen molar-refractivity contribution in [1.82, 2.24) is 9.88 Å². The van der Waals surface area contributed by atoms with E-state index in [0.717, 1.165) is 12.4 Å². The Morgan fingerprint density at radius 3 is 2.27 bits per heavy atom. The van der Waals surface area contributed by atoms with E-state index in [-0.39, 0.29) is 11.4 Å². The number of benzene rings is 1. The highest BCUT2D eigenvalue weighted by Gasteiger charge is 2.30. The summed E-state index contributed by atoms with van der Waals surface area (Å²) in [6, 6.07) is 8.84. The van der Waals surface area contributed by atoms with Crippen molar-refractivity contribution in [3.05, 3.63) is 89.4 Å². The van der Waals surface area contributed by atoms with Gasteiger partial charge in [-0.3, -0.25) is 4.98 Å². The summed E-state index contributed by atoms with van der Waals surface area (Å²) < 4.78 is 55.3. The van der Waals surface area contributed by atoms with Gasteiger partial charge in [0.15, 0.2) is 11.6 Å². The third kappa shape index (κ3) is 3.27. The van der Waals surface area contributed by atoms with Crippen LogP contribution in [-0.2, 0) is 0 Å². The molecule has 0 fully saturated rings. The van der Waals surface area contributed by atoms with E-state index in [1.165, 1.54) is 4.90 Å². The fraction of sp³-hybridized carbons (Fsp3) is 0.150. The predicted octanol–water partition coefficient (Wildman–Crippen LogP) is 5.27. The van der Waals surface area contributed by atoms with Gasteiger partial charge < -0.3 is 4.90 Å². The summed E-state index contributed by atoms with van der Waals surface area (Å²) in [5.74, 6) is -1.85. The van der Waals surface area contributed by atoms with Crippen molar-refractivity contribution in [1.29, 1.82) is 0 Å². The number of hydrogen-bond donors (Lipinski definition) is 0. The van der Waals surface area contributed by atoms with Gasteiger partial charge in [0.1, 0.15) is 0 Å². The Kier molecular flexibility index (Phi) is 4.93. The van der Waals surface area contributed by atoms with E-state index in [9.17, 15) is 17.6 Å². The maximum atomic E-state index is 14.5. The van der Waals surface area contributed by atoms with Crippen molar-refractivity contribution >= 4 is 11.3 Å². The average Bonchev–Trinajstić information content (AvgIpc) is 2.60. The molecule has 0 amide bonds. The molecule has 1 aromatic heterocycles. The largest absolute Gasteiger partial charge is 0.335 e. The van der Waals surface area contributed by atoms with Crippen LogP contribution in [0.4, 0.5) is 17.6 Å². The van der Waals surface area contributed by atoms with E-state index < -0.39 is 30.2 Å². The van der Waals surface area contributed by atoms with Gasteiger partial charge in [-0.25, -0.2) is 17.6 Å². The highest BCUT2D eigenvalue weighted by atomic mass is 19.3. The minimum atomic E-state index is -2.71. The molecule has 0 unspecified atom stereocenters. The average molecular weight is 360 g/mol. The summed E-state index contributed by atoms with van der Waals surface area (Å²) >= 11 is 0. The molecule has 6 heteroatoms. The zero-order valence-corrected chi connectivity index (χ0v) is 14.0. The second-order valence-corrected chi connectivity index (χ2v) is 5.88. The third-order valence-electron chi connectivity index (χ3n) is 4.16.